The van der Waals surface area contributed by atoms with E-state index in [9.17, 15) is 0 Å². The summed E-state index contributed by atoms with van der Waals surface area (Å²) in [7, 11) is 0. The first-order valence-corrected chi connectivity index (χ1v) is 5.56. The average molecular weight is 232 g/mol. The largest absolute Gasteiger partial charge is 0.353 e. The lowest BCUT2D eigenvalue weighted by Gasteiger charge is -2.05. The first-order valence-electron chi connectivity index (χ1n) is 5.18. The molecule has 2 heterocycles. The molecule has 0 amide bonds. The van der Waals surface area contributed by atoms with E-state index in [4.69, 9.17) is 11.6 Å². The Morgan fingerprint density at radius 3 is 2.50 bits per heavy atom. The summed E-state index contributed by atoms with van der Waals surface area (Å²) in [5.41, 5.74) is 0.994. The van der Waals surface area contributed by atoms with Crippen molar-refractivity contribution in [3.8, 4) is 11.4 Å². The van der Waals surface area contributed by atoms with Gasteiger partial charge in [-0.25, -0.2) is 9.97 Å². The summed E-state index contributed by atoms with van der Waals surface area (Å²) in [6.45, 7) is 2.11. The molecule has 0 saturated carbocycles. The Kier molecular flexibility index (Phi) is 2.26. The van der Waals surface area contributed by atoms with Gasteiger partial charge in [-0.15, -0.1) is 0 Å². The van der Waals surface area contributed by atoms with Gasteiger partial charge in [0.15, 0.2) is 5.82 Å². The van der Waals surface area contributed by atoms with Gasteiger partial charge in [-0.05, 0) is 0 Å². The number of aromatic nitrogens is 2. The van der Waals surface area contributed by atoms with Gasteiger partial charge in [-0.1, -0.05) is 41.9 Å². The Morgan fingerprint density at radius 2 is 1.81 bits per heavy atom. The maximum Gasteiger partial charge on any atom is 0.163 e. The van der Waals surface area contributed by atoms with Crippen LogP contribution in [0.5, 0.6) is 0 Å². The molecule has 3 nitrogen and oxygen atoms in total. The van der Waals surface area contributed by atoms with Crippen molar-refractivity contribution < 1.29 is 0 Å². The molecule has 0 radical (unpaired) electrons. The second-order valence-corrected chi connectivity index (χ2v) is 4.11. The van der Waals surface area contributed by atoms with Gasteiger partial charge in [-0.3, -0.25) is 0 Å². The molecule has 1 aromatic heterocycles. The summed E-state index contributed by atoms with van der Waals surface area (Å²) in [5.74, 6) is 1.61. The minimum absolute atomic E-state index is 0.496. The molecule has 0 unspecified atom stereocenters. The van der Waals surface area contributed by atoms with Gasteiger partial charge >= 0.3 is 0 Å². The summed E-state index contributed by atoms with van der Waals surface area (Å²) >= 11 is 5.99. The highest BCUT2D eigenvalue weighted by Crippen LogP contribution is 2.25. The van der Waals surface area contributed by atoms with Crippen LogP contribution in [0.3, 0.4) is 0 Å². The standard InChI is InChI=1S/C12H10ClN3/c13-10-8-11(16-6-7-16)15-12(14-10)9-4-2-1-3-5-9/h1-5,8H,6-7H2. The third kappa shape index (κ3) is 1.86. The average Bonchev–Trinajstić information content (AvgIpc) is 3.13. The van der Waals surface area contributed by atoms with Crippen molar-refractivity contribution in [3.63, 3.8) is 0 Å². The van der Waals surface area contributed by atoms with Gasteiger partial charge < -0.3 is 4.90 Å². The number of anilines is 1. The van der Waals surface area contributed by atoms with E-state index in [-0.39, 0.29) is 0 Å². The maximum atomic E-state index is 5.99. The van der Waals surface area contributed by atoms with Crippen molar-refractivity contribution in [1.82, 2.24) is 9.97 Å². The van der Waals surface area contributed by atoms with E-state index in [1.165, 1.54) is 0 Å². The van der Waals surface area contributed by atoms with Gasteiger partial charge in [0.05, 0.1) is 0 Å². The van der Waals surface area contributed by atoms with Gasteiger partial charge in [0.1, 0.15) is 11.0 Å². The molecule has 1 saturated heterocycles. The Morgan fingerprint density at radius 1 is 1.06 bits per heavy atom. The Hall–Kier alpha value is -1.61. The van der Waals surface area contributed by atoms with Gasteiger partial charge in [0, 0.05) is 24.7 Å². The minimum Gasteiger partial charge on any atom is -0.353 e. The van der Waals surface area contributed by atoms with Crippen LogP contribution in [0, 0.1) is 0 Å². The molecule has 2 aromatic rings. The minimum atomic E-state index is 0.496. The predicted octanol–water partition coefficient (Wildman–Crippen LogP) is 2.62. The molecule has 16 heavy (non-hydrogen) atoms. The quantitative estimate of drug-likeness (QED) is 0.588. The molecule has 3 rings (SSSR count). The maximum absolute atomic E-state index is 5.99. The highest BCUT2D eigenvalue weighted by molar-refractivity contribution is 6.29. The van der Waals surface area contributed by atoms with E-state index in [1.54, 1.807) is 6.07 Å². The zero-order valence-corrected chi connectivity index (χ0v) is 9.35. The van der Waals surface area contributed by atoms with Gasteiger partial charge in [-0.2, -0.15) is 0 Å². The van der Waals surface area contributed by atoms with Crippen LogP contribution in [0.15, 0.2) is 36.4 Å². The Bertz CT molecular complexity index is 509. The van der Waals surface area contributed by atoms with E-state index in [1.807, 2.05) is 30.3 Å². The van der Waals surface area contributed by atoms with E-state index in [0.29, 0.717) is 11.0 Å². The van der Waals surface area contributed by atoms with Crippen molar-refractivity contribution >= 4 is 17.4 Å². The zero-order chi connectivity index (χ0) is 11.0. The molecular weight excluding hydrogens is 222 g/mol. The molecule has 4 heteroatoms. The van der Waals surface area contributed by atoms with E-state index in [0.717, 1.165) is 24.5 Å². The lowest BCUT2D eigenvalue weighted by Crippen LogP contribution is -1.98. The van der Waals surface area contributed by atoms with Crippen LogP contribution in [0.4, 0.5) is 5.82 Å². The molecule has 1 fully saturated rings. The summed E-state index contributed by atoms with van der Waals surface area (Å²) in [6.07, 6.45) is 0. The van der Waals surface area contributed by atoms with Crippen LogP contribution in [0.1, 0.15) is 0 Å². The molecule has 1 aliphatic rings. The molecule has 1 aromatic carbocycles. The van der Waals surface area contributed by atoms with Crippen molar-refractivity contribution in [1.29, 1.82) is 0 Å². The summed E-state index contributed by atoms with van der Waals surface area (Å²) < 4.78 is 0. The fourth-order valence-electron chi connectivity index (χ4n) is 1.56. The summed E-state index contributed by atoms with van der Waals surface area (Å²) in [5, 5.41) is 0.496. The first-order chi connectivity index (χ1) is 7.83. The molecule has 0 spiro atoms. The van der Waals surface area contributed by atoms with Crippen molar-refractivity contribution in [2.24, 2.45) is 0 Å². The fourth-order valence-corrected chi connectivity index (χ4v) is 1.74. The Labute approximate surface area is 98.7 Å². The molecular formula is C12H10ClN3. The highest BCUT2D eigenvalue weighted by atomic mass is 35.5. The van der Waals surface area contributed by atoms with Crippen molar-refractivity contribution in [2.75, 3.05) is 18.0 Å². The van der Waals surface area contributed by atoms with E-state index in [2.05, 4.69) is 14.9 Å². The molecule has 0 aliphatic carbocycles. The van der Waals surface area contributed by atoms with Crippen LogP contribution in [0.2, 0.25) is 5.15 Å². The molecule has 80 valence electrons. The number of nitrogens with zero attached hydrogens (tertiary/aromatic N) is 3. The molecule has 0 atom stereocenters. The molecule has 0 bridgehead atoms. The highest BCUT2D eigenvalue weighted by Gasteiger charge is 2.20. The second-order valence-electron chi connectivity index (χ2n) is 3.73. The first kappa shape index (κ1) is 9.60. The number of halogens is 1. The van der Waals surface area contributed by atoms with Crippen LogP contribution in [0.25, 0.3) is 11.4 Å². The number of benzene rings is 1. The lowest BCUT2D eigenvalue weighted by molar-refractivity contribution is 1.14. The van der Waals surface area contributed by atoms with E-state index >= 15 is 0 Å². The Balaban J connectivity index is 2.06. The molecule has 0 N–H and O–H groups in total. The van der Waals surface area contributed by atoms with Crippen LogP contribution in [-0.2, 0) is 0 Å². The third-order valence-corrected chi connectivity index (χ3v) is 2.68. The summed E-state index contributed by atoms with van der Waals surface area (Å²) in [4.78, 5) is 10.9. The smallest absolute Gasteiger partial charge is 0.163 e. The number of hydrogen-bond acceptors (Lipinski definition) is 3. The van der Waals surface area contributed by atoms with Crippen LogP contribution < -0.4 is 4.90 Å². The van der Waals surface area contributed by atoms with Crippen LogP contribution >= 0.6 is 11.6 Å². The number of rotatable bonds is 2. The fraction of sp³-hybridized carbons (Fsp3) is 0.167. The second kappa shape index (κ2) is 3.76. The number of hydrogen-bond donors (Lipinski definition) is 0. The summed E-state index contributed by atoms with van der Waals surface area (Å²) in [6, 6.07) is 11.7. The van der Waals surface area contributed by atoms with Crippen molar-refractivity contribution in [2.45, 2.75) is 0 Å². The third-order valence-electron chi connectivity index (χ3n) is 2.48. The zero-order valence-electron chi connectivity index (χ0n) is 8.60. The lowest BCUT2D eigenvalue weighted by atomic mass is 10.2. The topological polar surface area (TPSA) is 28.8 Å². The van der Waals surface area contributed by atoms with Crippen molar-refractivity contribution in [3.05, 3.63) is 41.6 Å². The van der Waals surface area contributed by atoms with Gasteiger partial charge in [0.2, 0.25) is 0 Å². The predicted molar refractivity (Wildman–Crippen MR) is 64.7 cm³/mol. The van der Waals surface area contributed by atoms with Gasteiger partial charge in [0.25, 0.3) is 0 Å². The SMILES string of the molecule is Clc1cc(N2CC2)nc(-c2ccccc2)n1. The van der Waals surface area contributed by atoms with Crippen LogP contribution in [-0.4, -0.2) is 23.1 Å². The monoisotopic (exact) mass is 231 g/mol. The molecule has 1 aliphatic heterocycles. The van der Waals surface area contributed by atoms with E-state index < -0.39 is 0 Å². The normalized spacial score (nSPS) is 13.9.